The van der Waals surface area contributed by atoms with Crippen molar-refractivity contribution < 1.29 is 4.79 Å². The molecule has 1 heterocycles. The Morgan fingerprint density at radius 2 is 1.79 bits per heavy atom. The van der Waals surface area contributed by atoms with Gasteiger partial charge in [-0.25, -0.2) is 9.97 Å². The molecule has 0 amide bonds. The van der Waals surface area contributed by atoms with E-state index in [2.05, 4.69) is 28.2 Å². The van der Waals surface area contributed by atoms with Crippen LogP contribution in [-0.2, 0) is 0 Å². The van der Waals surface area contributed by atoms with E-state index in [9.17, 15) is 4.79 Å². The van der Waals surface area contributed by atoms with E-state index in [0.29, 0.717) is 6.29 Å². The lowest BCUT2D eigenvalue weighted by Gasteiger charge is -2.07. The molecule has 0 spiro atoms. The van der Waals surface area contributed by atoms with Crippen LogP contribution < -0.4 is 0 Å². The highest BCUT2D eigenvalue weighted by molar-refractivity contribution is 5.96. The summed E-state index contributed by atoms with van der Waals surface area (Å²) >= 11 is 0. The summed E-state index contributed by atoms with van der Waals surface area (Å²) in [6, 6.07) is 16.1. The van der Waals surface area contributed by atoms with Crippen molar-refractivity contribution >= 4 is 17.1 Å². The number of benzene rings is 2. The Morgan fingerprint density at radius 1 is 1.00 bits per heavy atom. The first-order valence-corrected chi connectivity index (χ1v) is 6.07. The molecule has 3 rings (SSSR count). The zero-order valence-electron chi connectivity index (χ0n) is 10.5. The summed E-state index contributed by atoms with van der Waals surface area (Å²) in [4.78, 5) is 19.3. The Morgan fingerprint density at radius 3 is 2.63 bits per heavy atom. The fourth-order valence-electron chi connectivity index (χ4n) is 2.23. The number of aldehydes is 1. The molecule has 0 radical (unpaired) electrons. The third-order valence-corrected chi connectivity index (χ3v) is 3.04. The van der Waals surface area contributed by atoms with Crippen molar-refractivity contribution in [2.75, 3.05) is 0 Å². The van der Waals surface area contributed by atoms with Gasteiger partial charge in [0.05, 0.1) is 5.69 Å². The summed E-state index contributed by atoms with van der Waals surface area (Å²) in [5.74, 6) is 0.225. The third kappa shape index (κ3) is 2.10. The van der Waals surface area contributed by atoms with Crippen molar-refractivity contribution in [3.8, 4) is 11.3 Å². The van der Waals surface area contributed by atoms with Gasteiger partial charge in [0.2, 0.25) is 0 Å². The molecule has 0 saturated carbocycles. The molecule has 0 atom stereocenters. The first kappa shape index (κ1) is 11.5. The van der Waals surface area contributed by atoms with Crippen LogP contribution in [0.4, 0.5) is 0 Å². The Balaban J connectivity index is 2.30. The van der Waals surface area contributed by atoms with E-state index < -0.39 is 0 Å². The second-order valence-electron chi connectivity index (χ2n) is 4.40. The maximum absolute atomic E-state index is 10.9. The molecule has 0 N–H and O–H groups in total. The van der Waals surface area contributed by atoms with Gasteiger partial charge in [-0.3, -0.25) is 4.79 Å². The maximum Gasteiger partial charge on any atom is 0.193 e. The number of rotatable bonds is 2. The topological polar surface area (TPSA) is 42.9 Å². The quantitative estimate of drug-likeness (QED) is 0.653. The van der Waals surface area contributed by atoms with Crippen LogP contribution in [0.5, 0.6) is 0 Å². The van der Waals surface area contributed by atoms with E-state index in [1.165, 1.54) is 0 Å². The second-order valence-corrected chi connectivity index (χ2v) is 4.40. The third-order valence-electron chi connectivity index (χ3n) is 3.04. The molecular formula is C16H12N2O. The van der Waals surface area contributed by atoms with Gasteiger partial charge in [0.25, 0.3) is 0 Å². The van der Waals surface area contributed by atoms with E-state index in [4.69, 9.17) is 0 Å². The largest absolute Gasteiger partial charge is 0.294 e. The van der Waals surface area contributed by atoms with Crippen molar-refractivity contribution in [1.82, 2.24) is 9.97 Å². The van der Waals surface area contributed by atoms with Gasteiger partial charge < -0.3 is 0 Å². The number of fused-ring (bicyclic) bond motifs is 1. The van der Waals surface area contributed by atoms with Crippen LogP contribution >= 0.6 is 0 Å². The fraction of sp³-hybridized carbons (Fsp3) is 0.0625. The van der Waals surface area contributed by atoms with E-state index in [1.54, 1.807) is 0 Å². The Kier molecular flexibility index (Phi) is 2.80. The molecule has 3 nitrogen and oxygen atoms in total. The Hall–Kier alpha value is -2.55. The normalized spacial score (nSPS) is 10.6. The highest BCUT2D eigenvalue weighted by atomic mass is 16.1. The molecular weight excluding hydrogens is 236 g/mol. The molecule has 0 unspecified atom stereocenters. The van der Waals surface area contributed by atoms with Crippen LogP contribution in [0.1, 0.15) is 16.3 Å². The highest BCUT2D eigenvalue weighted by Gasteiger charge is 2.07. The molecule has 2 aromatic carbocycles. The van der Waals surface area contributed by atoms with E-state index in [1.807, 2.05) is 37.3 Å². The van der Waals surface area contributed by atoms with Crippen LogP contribution in [0.2, 0.25) is 0 Å². The van der Waals surface area contributed by atoms with Gasteiger partial charge in [-0.1, -0.05) is 42.5 Å². The maximum atomic E-state index is 10.9. The summed E-state index contributed by atoms with van der Waals surface area (Å²) in [6.45, 7) is 1.86. The number of aryl methyl sites for hydroxylation is 1. The molecule has 0 aliphatic rings. The average molecular weight is 248 g/mol. The SMILES string of the molecule is Cc1cc(-c2cccc3ccccc23)nc(C=O)n1. The fourth-order valence-corrected chi connectivity index (χ4v) is 2.23. The minimum absolute atomic E-state index is 0.225. The van der Waals surface area contributed by atoms with Crippen molar-refractivity contribution in [3.05, 3.63) is 60.0 Å². The van der Waals surface area contributed by atoms with Crippen molar-refractivity contribution in [2.45, 2.75) is 6.92 Å². The van der Waals surface area contributed by atoms with Crippen LogP contribution in [0, 0.1) is 6.92 Å². The molecule has 0 fully saturated rings. The lowest BCUT2D eigenvalue weighted by atomic mass is 10.0. The number of aromatic nitrogens is 2. The zero-order chi connectivity index (χ0) is 13.2. The summed E-state index contributed by atoms with van der Waals surface area (Å²) in [7, 11) is 0. The van der Waals surface area contributed by atoms with Gasteiger partial charge in [0.15, 0.2) is 12.1 Å². The number of hydrogen-bond donors (Lipinski definition) is 0. The first-order valence-electron chi connectivity index (χ1n) is 6.07. The molecule has 3 aromatic rings. The molecule has 0 aliphatic heterocycles. The summed E-state index contributed by atoms with van der Waals surface area (Å²) in [5, 5.41) is 2.28. The molecule has 19 heavy (non-hydrogen) atoms. The van der Waals surface area contributed by atoms with Crippen molar-refractivity contribution in [2.24, 2.45) is 0 Å². The van der Waals surface area contributed by atoms with Crippen molar-refractivity contribution in [3.63, 3.8) is 0 Å². The summed E-state index contributed by atoms with van der Waals surface area (Å²) in [6.07, 6.45) is 0.682. The van der Waals surface area contributed by atoms with Gasteiger partial charge in [-0.05, 0) is 23.8 Å². The minimum atomic E-state index is 0.225. The predicted molar refractivity (Wildman–Crippen MR) is 75.1 cm³/mol. The predicted octanol–water partition coefficient (Wildman–Crippen LogP) is 3.42. The van der Waals surface area contributed by atoms with Gasteiger partial charge in [-0.2, -0.15) is 0 Å². The standard InChI is InChI=1S/C16H12N2O/c1-11-9-15(18-16(10-19)17-11)14-8-4-6-12-5-2-3-7-13(12)14/h2-10H,1H3. The molecule has 1 aromatic heterocycles. The number of carbonyl (C=O) groups is 1. The van der Waals surface area contributed by atoms with E-state index in [0.717, 1.165) is 27.7 Å². The molecule has 92 valence electrons. The van der Waals surface area contributed by atoms with E-state index in [-0.39, 0.29) is 5.82 Å². The lowest BCUT2D eigenvalue weighted by Crippen LogP contribution is -1.97. The number of nitrogens with zero attached hydrogens (tertiary/aromatic N) is 2. The first-order chi connectivity index (χ1) is 9.28. The number of hydrogen-bond acceptors (Lipinski definition) is 3. The zero-order valence-corrected chi connectivity index (χ0v) is 10.5. The minimum Gasteiger partial charge on any atom is -0.294 e. The smallest absolute Gasteiger partial charge is 0.193 e. The van der Waals surface area contributed by atoms with Gasteiger partial charge in [0, 0.05) is 11.3 Å². The Bertz CT molecular complexity index is 760. The van der Waals surface area contributed by atoms with E-state index >= 15 is 0 Å². The van der Waals surface area contributed by atoms with Crippen LogP contribution in [0.15, 0.2) is 48.5 Å². The number of carbonyl (C=O) groups excluding carboxylic acids is 1. The van der Waals surface area contributed by atoms with Gasteiger partial charge >= 0.3 is 0 Å². The van der Waals surface area contributed by atoms with Crippen molar-refractivity contribution in [1.29, 1.82) is 0 Å². The van der Waals surface area contributed by atoms with Crippen LogP contribution in [0.3, 0.4) is 0 Å². The van der Waals surface area contributed by atoms with Gasteiger partial charge in [0.1, 0.15) is 0 Å². The Labute approximate surface area is 111 Å². The lowest BCUT2D eigenvalue weighted by molar-refractivity contribution is 0.111. The molecule has 0 aliphatic carbocycles. The monoisotopic (exact) mass is 248 g/mol. The van der Waals surface area contributed by atoms with Crippen LogP contribution in [-0.4, -0.2) is 16.3 Å². The van der Waals surface area contributed by atoms with Crippen LogP contribution in [0.25, 0.3) is 22.0 Å². The summed E-state index contributed by atoms with van der Waals surface area (Å²) in [5.41, 5.74) is 2.60. The molecule has 3 heteroatoms. The second kappa shape index (κ2) is 4.61. The average Bonchev–Trinajstić information content (AvgIpc) is 2.46. The van der Waals surface area contributed by atoms with Gasteiger partial charge in [-0.15, -0.1) is 0 Å². The molecule has 0 saturated heterocycles. The highest BCUT2D eigenvalue weighted by Crippen LogP contribution is 2.27. The summed E-state index contributed by atoms with van der Waals surface area (Å²) < 4.78 is 0. The molecule has 0 bridgehead atoms.